The van der Waals surface area contributed by atoms with Crippen molar-refractivity contribution in [2.75, 3.05) is 7.11 Å². The van der Waals surface area contributed by atoms with Crippen molar-refractivity contribution in [2.45, 2.75) is 60.7 Å². The number of hydrogen-bond acceptors (Lipinski definition) is 1. The first kappa shape index (κ1) is 27.8. The van der Waals surface area contributed by atoms with Crippen LogP contribution in [-0.2, 0) is 4.74 Å². The van der Waals surface area contributed by atoms with Crippen LogP contribution < -0.4 is 0 Å². The molecule has 0 aliphatic heterocycles. The fourth-order valence-corrected chi connectivity index (χ4v) is 1.58. The van der Waals surface area contributed by atoms with E-state index in [4.69, 9.17) is 0 Å². The maximum atomic E-state index is 13.3. The Morgan fingerprint density at radius 2 is 0.690 bits per heavy atom. The van der Waals surface area contributed by atoms with Gasteiger partial charge in [0.25, 0.3) is 0 Å². The van der Waals surface area contributed by atoms with E-state index in [-0.39, 0.29) is 14.0 Å². The van der Waals surface area contributed by atoms with Gasteiger partial charge in [0.05, 0.1) is 0 Å². The molecule has 0 aliphatic rings. The molecule has 0 radical (unpaired) electrons. The van der Waals surface area contributed by atoms with Gasteiger partial charge in [-0.25, -0.2) is 0 Å². The van der Waals surface area contributed by atoms with E-state index in [2.05, 4.69) is 4.74 Å². The molecule has 0 N–H and O–H groups in total. The Balaban J connectivity index is 6.73. The Kier molecular flexibility index (Phi) is 6.60. The van der Waals surface area contributed by atoms with E-state index in [0.29, 0.717) is 0 Å². The van der Waals surface area contributed by atoms with Gasteiger partial charge in [-0.3, -0.25) is 0 Å². The Morgan fingerprint density at radius 3 is 0.931 bits per heavy atom. The second kappa shape index (κ2) is 6.90. The number of methoxy groups -OCH3 is 1. The molecule has 0 aromatic carbocycles. The smallest absolute Gasteiger partial charge is 0.375 e. The molecule has 176 valence electrons. The van der Waals surface area contributed by atoms with Crippen LogP contribution in [0.2, 0.25) is 0 Å². The topological polar surface area (TPSA) is 9.23 Å². The summed E-state index contributed by atoms with van der Waals surface area (Å²) in [5.41, 5.74) is 0. The van der Waals surface area contributed by atoms with Gasteiger partial charge >= 0.3 is 47.6 Å². The number of halogens is 17. The maximum absolute atomic E-state index is 13.3. The lowest BCUT2D eigenvalue weighted by Gasteiger charge is -2.43. The lowest BCUT2D eigenvalue weighted by Crippen LogP contribution is -2.75. The van der Waals surface area contributed by atoms with Crippen molar-refractivity contribution in [1.82, 2.24) is 0 Å². The first-order chi connectivity index (χ1) is 12.2. The summed E-state index contributed by atoms with van der Waals surface area (Å²) in [6.45, 7) is -0.188. The molecule has 1 atom stereocenters. The van der Waals surface area contributed by atoms with Gasteiger partial charge in [0, 0.05) is 7.11 Å². The Bertz CT molecular complexity index is 589. The quantitative estimate of drug-likeness (QED) is 0.388. The monoisotopic (exact) mass is 478 g/mol. The summed E-state index contributed by atoms with van der Waals surface area (Å²) >= 11 is 0. The summed E-state index contributed by atoms with van der Waals surface area (Å²) in [6.07, 6.45) is -11.2. The van der Waals surface area contributed by atoms with Crippen molar-refractivity contribution in [3.8, 4) is 0 Å². The molecule has 0 spiro atoms. The summed E-state index contributed by atoms with van der Waals surface area (Å²) in [5.74, 6) is -56.3. The highest BCUT2D eigenvalue weighted by atomic mass is 19.4. The first-order valence-corrected chi connectivity index (χ1v) is 6.47. The highest BCUT2D eigenvalue weighted by Crippen LogP contribution is 2.64. The van der Waals surface area contributed by atoms with Crippen molar-refractivity contribution < 1.29 is 79.4 Å². The van der Waals surface area contributed by atoms with Gasteiger partial charge < -0.3 is 4.74 Å². The Labute approximate surface area is 148 Å². The third kappa shape index (κ3) is 3.37. The molecule has 1 unspecified atom stereocenters. The third-order valence-corrected chi connectivity index (χ3v) is 3.61. The van der Waals surface area contributed by atoms with E-state index in [1.165, 1.54) is 0 Å². The average Bonchev–Trinajstić information content (AvgIpc) is 2.51. The van der Waals surface area contributed by atoms with Crippen molar-refractivity contribution in [2.24, 2.45) is 0 Å². The minimum atomic E-state index is -8.61. The molecule has 0 bridgehead atoms. The van der Waals surface area contributed by atoms with Crippen LogP contribution in [-0.4, -0.2) is 60.8 Å². The highest BCUT2D eigenvalue weighted by molar-refractivity contribution is 5.15. The van der Waals surface area contributed by atoms with E-state index in [1.807, 2.05) is 0 Å². The summed E-state index contributed by atoms with van der Waals surface area (Å²) < 4.78 is 222. The molecule has 18 heteroatoms. The number of rotatable bonds is 8. The zero-order valence-electron chi connectivity index (χ0n) is 13.4. The van der Waals surface area contributed by atoms with Crippen LogP contribution in [0.25, 0.3) is 0 Å². The molecule has 0 aliphatic carbocycles. The molecule has 1 nitrogen and oxygen atoms in total. The second-order valence-electron chi connectivity index (χ2n) is 5.45. The number of ether oxygens (including phenoxy) is 1. The van der Waals surface area contributed by atoms with E-state index < -0.39 is 53.7 Å². The lowest BCUT2D eigenvalue weighted by molar-refractivity contribution is -0.464. The SMILES string of the molecule is COC(C)C(F)(F)C(F)(F)C(F)(F)C(F)(F)C(F)(F)C(F)(F)C(F)(F)C(F)(F)F. The molecule has 0 saturated heterocycles. The van der Waals surface area contributed by atoms with Crippen LogP contribution in [0.15, 0.2) is 0 Å². The van der Waals surface area contributed by atoms with Gasteiger partial charge in [0.15, 0.2) is 0 Å². The summed E-state index contributed by atoms with van der Waals surface area (Å²) in [5, 5.41) is 0. The van der Waals surface area contributed by atoms with Gasteiger partial charge in [-0.1, -0.05) is 0 Å². The van der Waals surface area contributed by atoms with Gasteiger partial charge in [0.2, 0.25) is 0 Å². The highest BCUT2D eigenvalue weighted by Gasteiger charge is 2.95. The van der Waals surface area contributed by atoms with E-state index in [1.54, 1.807) is 0 Å². The van der Waals surface area contributed by atoms with E-state index in [0.717, 1.165) is 0 Å². The molecular weight excluding hydrogens is 471 g/mol. The summed E-state index contributed by atoms with van der Waals surface area (Å²) in [6, 6.07) is 0. The van der Waals surface area contributed by atoms with Crippen molar-refractivity contribution >= 4 is 0 Å². The predicted octanol–water partition coefficient (Wildman–Crippen LogP) is 6.03. The molecule has 0 amide bonds. The zero-order chi connectivity index (χ0) is 24.3. The van der Waals surface area contributed by atoms with Gasteiger partial charge in [-0.05, 0) is 6.92 Å². The van der Waals surface area contributed by atoms with Gasteiger partial charge in [-0.2, -0.15) is 74.6 Å². The lowest BCUT2D eigenvalue weighted by atomic mass is 9.88. The van der Waals surface area contributed by atoms with Crippen LogP contribution in [0.1, 0.15) is 6.92 Å². The van der Waals surface area contributed by atoms with Crippen molar-refractivity contribution in [1.29, 1.82) is 0 Å². The van der Waals surface area contributed by atoms with Crippen LogP contribution >= 0.6 is 0 Å². The summed E-state index contributed by atoms with van der Waals surface area (Å²) in [7, 11) is 0.109. The molecule has 29 heavy (non-hydrogen) atoms. The van der Waals surface area contributed by atoms with Gasteiger partial charge in [0.1, 0.15) is 6.10 Å². The van der Waals surface area contributed by atoms with Crippen LogP contribution in [0.5, 0.6) is 0 Å². The fraction of sp³-hybridized carbons (Fsp3) is 1.00. The number of hydrogen-bond donors (Lipinski definition) is 0. The molecule has 0 rings (SSSR count). The van der Waals surface area contributed by atoms with Crippen molar-refractivity contribution in [3.63, 3.8) is 0 Å². The van der Waals surface area contributed by atoms with E-state index in [9.17, 15) is 74.6 Å². The number of alkyl halides is 17. The zero-order valence-corrected chi connectivity index (χ0v) is 13.4. The van der Waals surface area contributed by atoms with Gasteiger partial charge in [-0.15, -0.1) is 0 Å². The van der Waals surface area contributed by atoms with Crippen LogP contribution in [0, 0.1) is 0 Å². The minimum absolute atomic E-state index is 0.109. The second-order valence-corrected chi connectivity index (χ2v) is 5.45. The van der Waals surface area contributed by atoms with Crippen LogP contribution in [0.4, 0.5) is 74.6 Å². The average molecular weight is 478 g/mol. The minimum Gasteiger partial charge on any atom is -0.375 e. The fourth-order valence-electron chi connectivity index (χ4n) is 1.58. The predicted molar refractivity (Wildman–Crippen MR) is 57.2 cm³/mol. The molecule has 0 saturated carbocycles. The molecule has 0 heterocycles. The molecule has 0 aromatic heterocycles. The molecular formula is C11H7F17O. The molecule has 0 fully saturated rings. The third-order valence-electron chi connectivity index (χ3n) is 3.61. The molecule has 0 aromatic rings. The Morgan fingerprint density at radius 1 is 0.448 bits per heavy atom. The van der Waals surface area contributed by atoms with Crippen LogP contribution in [0.3, 0.4) is 0 Å². The standard InChI is InChI=1S/C11H7F17O/c1-3(29-2)4(12,13)5(14,15)6(16,17)7(18,19)8(20,21)9(22,23)10(24,25)11(26,27)28/h3H,1-2H3. The van der Waals surface area contributed by atoms with Crippen molar-refractivity contribution in [3.05, 3.63) is 0 Å². The summed E-state index contributed by atoms with van der Waals surface area (Å²) in [4.78, 5) is 0. The normalized spacial score (nSPS) is 17.5. The largest absolute Gasteiger partial charge is 0.460 e. The van der Waals surface area contributed by atoms with E-state index >= 15 is 0 Å². The first-order valence-electron chi connectivity index (χ1n) is 6.47. The maximum Gasteiger partial charge on any atom is 0.460 e. The Hall–Kier alpha value is -1.23.